The molecule has 0 aliphatic carbocycles. The van der Waals surface area contributed by atoms with Gasteiger partial charge in [-0.1, -0.05) is 17.7 Å². The van der Waals surface area contributed by atoms with Gasteiger partial charge in [0.2, 0.25) is 0 Å². The predicted octanol–water partition coefficient (Wildman–Crippen LogP) is 3.74. The van der Waals surface area contributed by atoms with Gasteiger partial charge in [0.15, 0.2) is 11.5 Å². The van der Waals surface area contributed by atoms with E-state index in [4.69, 9.17) is 14.2 Å². The van der Waals surface area contributed by atoms with Gasteiger partial charge in [0.25, 0.3) is 0 Å². The van der Waals surface area contributed by atoms with Crippen molar-refractivity contribution in [1.82, 2.24) is 4.57 Å². The highest BCUT2D eigenvalue weighted by atomic mass is 32.2. The van der Waals surface area contributed by atoms with Gasteiger partial charge < -0.3 is 18.8 Å². The molecule has 1 aromatic heterocycles. The fourth-order valence-electron chi connectivity index (χ4n) is 3.52. The summed E-state index contributed by atoms with van der Waals surface area (Å²) in [7, 11) is 0.560. The zero-order valence-electron chi connectivity index (χ0n) is 16.7. The SMILES string of the molecule is CCOC(=O)c1c(CS(=O)c2ccc(C)cc2)n(C)c2cc3c(cc12)OCCO3. The van der Waals surface area contributed by atoms with Crippen molar-refractivity contribution in [2.45, 2.75) is 24.5 Å². The van der Waals surface area contributed by atoms with Crippen molar-refractivity contribution in [3.63, 3.8) is 0 Å². The lowest BCUT2D eigenvalue weighted by Crippen LogP contribution is -2.15. The monoisotopic (exact) mass is 413 g/mol. The molecule has 1 aliphatic heterocycles. The second-order valence-corrected chi connectivity index (χ2v) is 8.37. The molecule has 3 aromatic rings. The molecular formula is C22H23NO5S. The Morgan fingerprint density at radius 1 is 1.14 bits per heavy atom. The van der Waals surface area contributed by atoms with E-state index in [1.54, 1.807) is 6.92 Å². The summed E-state index contributed by atoms with van der Waals surface area (Å²) in [5, 5.41) is 0.714. The summed E-state index contributed by atoms with van der Waals surface area (Å²) in [5.41, 5.74) is 3.02. The molecule has 2 heterocycles. The van der Waals surface area contributed by atoms with Crippen LogP contribution in [0.3, 0.4) is 0 Å². The number of esters is 1. The van der Waals surface area contributed by atoms with E-state index < -0.39 is 16.8 Å². The summed E-state index contributed by atoms with van der Waals surface area (Å²) in [6.07, 6.45) is 0. The Bertz CT molecular complexity index is 1100. The third-order valence-corrected chi connectivity index (χ3v) is 6.35. The molecule has 0 N–H and O–H groups in total. The Morgan fingerprint density at radius 3 is 2.45 bits per heavy atom. The lowest BCUT2D eigenvalue weighted by atomic mass is 10.1. The van der Waals surface area contributed by atoms with Gasteiger partial charge in [-0.2, -0.15) is 0 Å². The molecule has 0 radical (unpaired) electrons. The van der Waals surface area contributed by atoms with E-state index in [1.165, 1.54) is 0 Å². The first-order chi connectivity index (χ1) is 14.0. The quantitative estimate of drug-likeness (QED) is 0.596. The maximum Gasteiger partial charge on any atom is 0.340 e. The van der Waals surface area contributed by atoms with Crippen molar-refractivity contribution in [3.8, 4) is 11.5 Å². The summed E-state index contributed by atoms with van der Waals surface area (Å²) in [6.45, 7) is 4.97. The zero-order chi connectivity index (χ0) is 20.5. The Balaban J connectivity index is 1.83. The fourth-order valence-corrected chi connectivity index (χ4v) is 4.71. The molecule has 1 unspecified atom stereocenters. The number of aromatic nitrogens is 1. The molecule has 1 aliphatic rings. The van der Waals surface area contributed by atoms with Crippen LogP contribution in [0.15, 0.2) is 41.3 Å². The molecule has 29 heavy (non-hydrogen) atoms. The fraction of sp³-hybridized carbons (Fsp3) is 0.318. The van der Waals surface area contributed by atoms with Gasteiger partial charge >= 0.3 is 5.97 Å². The summed E-state index contributed by atoms with van der Waals surface area (Å²) in [4.78, 5) is 13.5. The van der Waals surface area contributed by atoms with Gasteiger partial charge in [-0.15, -0.1) is 0 Å². The third-order valence-electron chi connectivity index (χ3n) is 5.02. The average molecular weight is 413 g/mol. The molecule has 1 atom stereocenters. The average Bonchev–Trinajstić information content (AvgIpc) is 2.98. The van der Waals surface area contributed by atoms with Crippen molar-refractivity contribution < 1.29 is 23.2 Å². The molecule has 0 saturated carbocycles. The zero-order valence-corrected chi connectivity index (χ0v) is 17.5. The van der Waals surface area contributed by atoms with Crippen LogP contribution in [-0.2, 0) is 28.3 Å². The minimum Gasteiger partial charge on any atom is -0.486 e. The van der Waals surface area contributed by atoms with Gasteiger partial charge in [0.05, 0.1) is 34.2 Å². The van der Waals surface area contributed by atoms with Crippen molar-refractivity contribution in [2.75, 3.05) is 19.8 Å². The molecule has 0 amide bonds. The molecule has 7 heteroatoms. The van der Waals surface area contributed by atoms with Crippen LogP contribution in [0.5, 0.6) is 11.5 Å². The van der Waals surface area contributed by atoms with Crippen LogP contribution in [0, 0.1) is 6.92 Å². The number of carbonyl (C=O) groups is 1. The maximum atomic E-state index is 13.0. The van der Waals surface area contributed by atoms with Crippen LogP contribution in [0.2, 0.25) is 0 Å². The van der Waals surface area contributed by atoms with Crippen molar-refractivity contribution >= 4 is 27.7 Å². The normalized spacial score (nSPS) is 14.0. The first-order valence-corrected chi connectivity index (χ1v) is 10.8. The van der Waals surface area contributed by atoms with E-state index in [0.29, 0.717) is 41.4 Å². The molecule has 0 bridgehead atoms. The van der Waals surface area contributed by atoms with Crippen LogP contribution in [0.4, 0.5) is 0 Å². The summed E-state index contributed by atoms with van der Waals surface area (Å²) in [5.74, 6) is 1.03. The molecule has 4 rings (SSSR count). The number of hydrogen-bond acceptors (Lipinski definition) is 5. The maximum absolute atomic E-state index is 13.0. The standard InChI is InChI=1S/C22H23NO5S/c1-4-26-22(24)21-16-11-19-20(28-10-9-27-19)12-17(16)23(3)18(21)13-29(25)15-7-5-14(2)6-8-15/h5-8,11-12H,4,9-10,13H2,1-3H3. The number of benzene rings is 2. The van der Waals surface area contributed by atoms with Gasteiger partial charge in [0.1, 0.15) is 13.2 Å². The number of ether oxygens (including phenoxy) is 3. The van der Waals surface area contributed by atoms with E-state index in [1.807, 2.05) is 54.9 Å². The Kier molecular flexibility index (Phi) is 5.32. The number of hydrogen-bond donors (Lipinski definition) is 0. The highest BCUT2D eigenvalue weighted by molar-refractivity contribution is 7.84. The molecule has 0 fully saturated rings. The van der Waals surface area contributed by atoms with Gasteiger partial charge in [-0.3, -0.25) is 4.21 Å². The minimum absolute atomic E-state index is 0.203. The van der Waals surface area contributed by atoms with E-state index in [0.717, 1.165) is 16.0 Å². The molecule has 6 nitrogen and oxygen atoms in total. The second kappa shape index (κ2) is 7.91. The van der Waals surface area contributed by atoms with Gasteiger partial charge in [-0.05, 0) is 32.0 Å². The highest BCUT2D eigenvalue weighted by Crippen LogP contribution is 2.38. The predicted molar refractivity (Wildman–Crippen MR) is 111 cm³/mol. The van der Waals surface area contributed by atoms with Crippen molar-refractivity contribution in [3.05, 3.63) is 53.2 Å². The Hall–Kier alpha value is -2.80. The minimum atomic E-state index is -1.30. The van der Waals surface area contributed by atoms with Crippen LogP contribution < -0.4 is 9.47 Å². The van der Waals surface area contributed by atoms with Crippen molar-refractivity contribution in [1.29, 1.82) is 0 Å². The van der Waals surface area contributed by atoms with Crippen LogP contribution in [0.1, 0.15) is 28.5 Å². The lowest BCUT2D eigenvalue weighted by molar-refractivity contribution is 0.0527. The third kappa shape index (κ3) is 3.62. The van der Waals surface area contributed by atoms with Crippen LogP contribution in [0.25, 0.3) is 10.9 Å². The first-order valence-electron chi connectivity index (χ1n) is 9.52. The Labute approximate surface area is 171 Å². The molecule has 152 valence electrons. The summed E-state index contributed by atoms with van der Waals surface area (Å²) < 4.78 is 31.6. The second-order valence-electron chi connectivity index (χ2n) is 6.92. The van der Waals surface area contributed by atoms with Crippen LogP contribution >= 0.6 is 0 Å². The molecule has 2 aromatic carbocycles. The van der Waals surface area contributed by atoms with Crippen molar-refractivity contribution in [2.24, 2.45) is 7.05 Å². The lowest BCUT2D eigenvalue weighted by Gasteiger charge is -2.18. The molecular weight excluding hydrogens is 390 g/mol. The van der Waals surface area contributed by atoms with Crippen LogP contribution in [-0.4, -0.2) is 34.6 Å². The number of rotatable bonds is 5. The summed E-state index contributed by atoms with van der Waals surface area (Å²) in [6, 6.07) is 11.3. The molecule has 0 saturated heterocycles. The topological polar surface area (TPSA) is 66.8 Å². The number of aryl methyl sites for hydroxylation is 2. The Morgan fingerprint density at radius 2 is 1.79 bits per heavy atom. The largest absolute Gasteiger partial charge is 0.486 e. The number of carbonyl (C=O) groups excluding carboxylic acids is 1. The first kappa shape index (κ1) is 19.5. The smallest absolute Gasteiger partial charge is 0.340 e. The molecule has 0 spiro atoms. The number of fused-ring (bicyclic) bond motifs is 2. The summed E-state index contributed by atoms with van der Waals surface area (Å²) >= 11 is 0. The van der Waals surface area contributed by atoms with E-state index >= 15 is 0 Å². The number of nitrogens with zero attached hydrogens (tertiary/aromatic N) is 1. The van der Waals surface area contributed by atoms with Gasteiger partial charge in [0, 0.05) is 29.1 Å². The van der Waals surface area contributed by atoms with E-state index in [-0.39, 0.29) is 12.4 Å². The highest BCUT2D eigenvalue weighted by Gasteiger charge is 2.26. The van der Waals surface area contributed by atoms with E-state index in [2.05, 4.69) is 0 Å². The van der Waals surface area contributed by atoms with E-state index in [9.17, 15) is 9.00 Å². The van der Waals surface area contributed by atoms with Gasteiger partial charge in [-0.25, -0.2) is 4.79 Å².